The van der Waals surface area contributed by atoms with E-state index in [4.69, 9.17) is 10.5 Å². The van der Waals surface area contributed by atoms with Gasteiger partial charge in [-0.1, -0.05) is 12.1 Å². The topological polar surface area (TPSA) is 118 Å². The fourth-order valence-corrected chi connectivity index (χ4v) is 2.87. The van der Waals surface area contributed by atoms with Crippen molar-refractivity contribution in [2.24, 2.45) is 5.73 Å². The van der Waals surface area contributed by atoms with Gasteiger partial charge in [0, 0.05) is 11.8 Å². The standard InChI is InChI=1S/C21H23FN6O2/c1-13-5-4-6-16(22)15(13)11-30-12-17(25-20(29)21(2,3)24)19-27-26-18-8-7-14(9-23)10-28(18)19/h4-8,10,17H,11-12,24H2,1-3H3,(H,25,29)/t17-/m1/s1. The summed E-state index contributed by atoms with van der Waals surface area (Å²) >= 11 is 0. The Morgan fingerprint density at radius 2 is 2.13 bits per heavy atom. The second kappa shape index (κ2) is 8.57. The lowest BCUT2D eigenvalue weighted by Crippen LogP contribution is -2.50. The molecule has 2 heterocycles. The van der Waals surface area contributed by atoms with E-state index in [-0.39, 0.29) is 19.0 Å². The Balaban J connectivity index is 1.88. The number of nitriles is 1. The molecule has 0 unspecified atom stereocenters. The minimum Gasteiger partial charge on any atom is -0.374 e. The molecule has 0 fully saturated rings. The van der Waals surface area contributed by atoms with Gasteiger partial charge in [0.05, 0.1) is 24.3 Å². The smallest absolute Gasteiger partial charge is 0.240 e. The summed E-state index contributed by atoms with van der Waals surface area (Å²) in [7, 11) is 0. The number of nitrogens with zero attached hydrogens (tertiary/aromatic N) is 4. The highest BCUT2D eigenvalue weighted by Crippen LogP contribution is 2.18. The minimum atomic E-state index is -1.13. The molecule has 0 radical (unpaired) electrons. The molecule has 2 aromatic heterocycles. The highest BCUT2D eigenvalue weighted by atomic mass is 19.1. The molecule has 9 heteroatoms. The summed E-state index contributed by atoms with van der Waals surface area (Å²) in [5.74, 6) is -0.387. The van der Waals surface area contributed by atoms with Crippen LogP contribution in [0.3, 0.4) is 0 Å². The first-order valence-corrected chi connectivity index (χ1v) is 9.37. The van der Waals surface area contributed by atoms with Crippen LogP contribution in [-0.4, -0.2) is 32.7 Å². The fourth-order valence-electron chi connectivity index (χ4n) is 2.87. The number of amides is 1. The maximum Gasteiger partial charge on any atom is 0.240 e. The zero-order valence-electron chi connectivity index (χ0n) is 17.0. The van der Waals surface area contributed by atoms with Crippen LogP contribution < -0.4 is 11.1 Å². The number of pyridine rings is 1. The van der Waals surface area contributed by atoms with Crippen molar-refractivity contribution in [2.45, 2.75) is 39.0 Å². The molecule has 0 spiro atoms. The third-order valence-electron chi connectivity index (χ3n) is 4.64. The Morgan fingerprint density at radius 3 is 2.80 bits per heavy atom. The summed E-state index contributed by atoms with van der Waals surface area (Å²) in [4.78, 5) is 12.5. The molecule has 3 rings (SSSR count). The summed E-state index contributed by atoms with van der Waals surface area (Å²) in [6.07, 6.45) is 1.58. The molecular formula is C21H23FN6O2. The maximum atomic E-state index is 14.1. The van der Waals surface area contributed by atoms with E-state index in [1.807, 2.05) is 0 Å². The average molecular weight is 410 g/mol. The molecule has 8 nitrogen and oxygen atoms in total. The molecule has 0 aliphatic rings. The lowest BCUT2D eigenvalue weighted by molar-refractivity contribution is -0.126. The molecule has 0 bridgehead atoms. The summed E-state index contributed by atoms with van der Waals surface area (Å²) in [5, 5.41) is 20.2. The SMILES string of the molecule is Cc1cccc(F)c1COC[C@@H](NC(=O)C(C)(C)N)c1nnc2ccc(C#N)cn12. The van der Waals surface area contributed by atoms with E-state index in [1.165, 1.54) is 6.07 Å². The number of rotatable bonds is 7. The number of halogens is 1. The summed E-state index contributed by atoms with van der Waals surface area (Å²) in [6.45, 7) is 5.00. The molecule has 156 valence electrons. The third kappa shape index (κ3) is 4.62. The number of nitrogens with two attached hydrogens (primary N) is 1. The Hall–Kier alpha value is -3.35. The van der Waals surface area contributed by atoms with Crippen LogP contribution in [0.15, 0.2) is 36.5 Å². The van der Waals surface area contributed by atoms with Gasteiger partial charge in [-0.2, -0.15) is 5.26 Å². The van der Waals surface area contributed by atoms with Crippen molar-refractivity contribution in [3.63, 3.8) is 0 Å². The van der Waals surface area contributed by atoms with Crippen LogP contribution in [0.2, 0.25) is 0 Å². The number of aromatic nitrogens is 3. The molecule has 0 aliphatic heterocycles. The quantitative estimate of drug-likeness (QED) is 0.616. The van der Waals surface area contributed by atoms with E-state index in [9.17, 15) is 14.4 Å². The number of carbonyl (C=O) groups is 1. The van der Waals surface area contributed by atoms with Gasteiger partial charge < -0.3 is 15.8 Å². The highest BCUT2D eigenvalue weighted by Gasteiger charge is 2.28. The van der Waals surface area contributed by atoms with Crippen molar-refractivity contribution >= 4 is 11.6 Å². The number of benzene rings is 1. The minimum absolute atomic E-state index is 0.00711. The van der Waals surface area contributed by atoms with Crippen LogP contribution in [-0.2, 0) is 16.1 Å². The fraction of sp³-hybridized carbons (Fsp3) is 0.333. The van der Waals surface area contributed by atoms with Crippen molar-refractivity contribution < 1.29 is 13.9 Å². The Kier molecular flexibility index (Phi) is 6.10. The first-order chi connectivity index (χ1) is 14.2. The van der Waals surface area contributed by atoms with E-state index >= 15 is 0 Å². The lowest BCUT2D eigenvalue weighted by Gasteiger charge is -2.23. The maximum absolute atomic E-state index is 14.1. The van der Waals surface area contributed by atoms with Crippen LogP contribution >= 0.6 is 0 Å². The lowest BCUT2D eigenvalue weighted by atomic mass is 10.1. The van der Waals surface area contributed by atoms with Crippen molar-refractivity contribution in [2.75, 3.05) is 6.61 Å². The molecule has 30 heavy (non-hydrogen) atoms. The summed E-state index contributed by atoms with van der Waals surface area (Å²) in [6, 6.07) is 9.44. The molecule has 1 amide bonds. The third-order valence-corrected chi connectivity index (χ3v) is 4.64. The van der Waals surface area contributed by atoms with E-state index < -0.39 is 17.5 Å². The van der Waals surface area contributed by atoms with Gasteiger partial charge in [-0.3, -0.25) is 9.20 Å². The molecule has 0 saturated heterocycles. The van der Waals surface area contributed by atoms with Crippen LogP contribution in [0.5, 0.6) is 0 Å². The Labute approximate surface area is 173 Å². The zero-order valence-corrected chi connectivity index (χ0v) is 17.0. The van der Waals surface area contributed by atoms with Crippen molar-refractivity contribution in [3.8, 4) is 6.07 Å². The number of hydrogen-bond donors (Lipinski definition) is 2. The van der Waals surface area contributed by atoms with E-state index in [1.54, 1.807) is 55.6 Å². The van der Waals surface area contributed by atoms with E-state index in [0.717, 1.165) is 5.56 Å². The molecular weight excluding hydrogens is 387 g/mol. The second-order valence-corrected chi connectivity index (χ2v) is 7.61. The Bertz CT molecular complexity index is 1090. The van der Waals surface area contributed by atoms with Crippen molar-refractivity contribution in [1.82, 2.24) is 19.9 Å². The number of carbonyl (C=O) groups excluding carboxylic acids is 1. The van der Waals surface area contributed by atoms with Crippen molar-refractivity contribution in [1.29, 1.82) is 5.26 Å². The molecule has 3 N–H and O–H groups in total. The van der Waals surface area contributed by atoms with Gasteiger partial charge in [0.2, 0.25) is 5.91 Å². The second-order valence-electron chi connectivity index (χ2n) is 7.61. The molecule has 3 aromatic rings. The van der Waals surface area contributed by atoms with Crippen LogP contribution in [0.25, 0.3) is 5.65 Å². The zero-order chi connectivity index (χ0) is 21.9. The predicted molar refractivity (Wildman–Crippen MR) is 108 cm³/mol. The number of hydrogen-bond acceptors (Lipinski definition) is 6. The predicted octanol–water partition coefficient (Wildman–Crippen LogP) is 2.16. The van der Waals surface area contributed by atoms with Crippen LogP contribution in [0.1, 0.15) is 42.4 Å². The number of fused-ring (bicyclic) bond motifs is 1. The first-order valence-electron chi connectivity index (χ1n) is 9.37. The highest BCUT2D eigenvalue weighted by molar-refractivity contribution is 5.85. The van der Waals surface area contributed by atoms with Gasteiger partial charge in [0.1, 0.15) is 17.9 Å². The van der Waals surface area contributed by atoms with Crippen molar-refractivity contribution in [3.05, 3.63) is 64.9 Å². The number of aryl methyl sites for hydroxylation is 1. The first kappa shape index (κ1) is 21.4. The average Bonchev–Trinajstić information content (AvgIpc) is 3.11. The Morgan fingerprint density at radius 1 is 1.37 bits per heavy atom. The molecule has 1 aromatic carbocycles. The van der Waals surface area contributed by atoms with Gasteiger partial charge >= 0.3 is 0 Å². The number of ether oxygens (including phenoxy) is 1. The molecule has 1 atom stereocenters. The molecule has 0 saturated carbocycles. The largest absolute Gasteiger partial charge is 0.374 e. The molecule has 0 aliphatic carbocycles. The van der Waals surface area contributed by atoms with E-state index in [0.29, 0.717) is 22.6 Å². The summed E-state index contributed by atoms with van der Waals surface area (Å²) < 4.78 is 21.4. The van der Waals surface area contributed by atoms with Gasteiger partial charge in [0.25, 0.3) is 0 Å². The van der Waals surface area contributed by atoms with Gasteiger partial charge in [-0.15, -0.1) is 10.2 Å². The van der Waals surface area contributed by atoms with Gasteiger partial charge in [0.15, 0.2) is 11.5 Å². The van der Waals surface area contributed by atoms with Crippen LogP contribution in [0.4, 0.5) is 4.39 Å². The van der Waals surface area contributed by atoms with E-state index in [2.05, 4.69) is 21.6 Å². The van der Waals surface area contributed by atoms with Gasteiger partial charge in [-0.25, -0.2) is 4.39 Å². The normalized spacial score (nSPS) is 12.5. The monoisotopic (exact) mass is 410 g/mol. The number of nitrogens with one attached hydrogen (secondary N) is 1. The van der Waals surface area contributed by atoms with Crippen LogP contribution in [0, 0.1) is 24.1 Å². The van der Waals surface area contributed by atoms with Gasteiger partial charge in [-0.05, 0) is 44.5 Å². The summed E-state index contributed by atoms with van der Waals surface area (Å²) in [5.41, 5.74) is 6.92.